The van der Waals surface area contributed by atoms with E-state index in [9.17, 15) is 0 Å². The SMILES string of the molecule is CCCNc1nc(OCC)nc(Sc2n[nH]c(C)n2)n1. The van der Waals surface area contributed by atoms with Gasteiger partial charge in [0, 0.05) is 6.54 Å². The van der Waals surface area contributed by atoms with E-state index in [4.69, 9.17) is 4.74 Å². The van der Waals surface area contributed by atoms with E-state index in [0.29, 0.717) is 28.9 Å². The van der Waals surface area contributed by atoms with Crippen LogP contribution in [-0.2, 0) is 0 Å². The normalized spacial score (nSPS) is 10.6. The molecule has 2 aromatic rings. The minimum absolute atomic E-state index is 0.302. The maximum atomic E-state index is 5.35. The number of H-pyrrole nitrogens is 1. The van der Waals surface area contributed by atoms with Crippen LogP contribution in [0.1, 0.15) is 26.1 Å². The monoisotopic (exact) mass is 295 g/mol. The Labute approximate surface area is 121 Å². The number of nitrogens with zero attached hydrogens (tertiary/aromatic N) is 5. The van der Waals surface area contributed by atoms with Crippen LogP contribution in [0.4, 0.5) is 5.95 Å². The summed E-state index contributed by atoms with van der Waals surface area (Å²) in [6.45, 7) is 7.09. The largest absolute Gasteiger partial charge is 0.464 e. The molecule has 0 amide bonds. The molecule has 0 spiro atoms. The quantitative estimate of drug-likeness (QED) is 0.795. The summed E-state index contributed by atoms with van der Waals surface area (Å²) in [6, 6.07) is 0.302. The van der Waals surface area contributed by atoms with E-state index in [2.05, 4.69) is 42.4 Å². The maximum absolute atomic E-state index is 5.35. The summed E-state index contributed by atoms with van der Waals surface area (Å²) < 4.78 is 5.35. The summed E-state index contributed by atoms with van der Waals surface area (Å²) in [6.07, 6.45) is 0.984. The molecule has 0 unspecified atom stereocenters. The number of hydrogen-bond donors (Lipinski definition) is 2. The van der Waals surface area contributed by atoms with Gasteiger partial charge in [0.2, 0.25) is 16.3 Å². The molecule has 0 aliphatic heterocycles. The second kappa shape index (κ2) is 7.04. The fourth-order valence-corrected chi connectivity index (χ4v) is 2.04. The zero-order valence-electron chi connectivity index (χ0n) is 11.7. The molecule has 0 radical (unpaired) electrons. The lowest BCUT2D eigenvalue weighted by atomic mass is 10.5. The third-order valence-electron chi connectivity index (χ3n) is 2.16. The van der Waals surface area contributed by atoms with E-state index in [-0.39, 0.29) is 0 Å². The molecule has 0 aliphatic carbocycles. The van der Waals surface area contributed by atoms with E-state index < -0.39 is 0 Å². The smallest absolute Gasteiger partial charge is 0.322 e. The number of anilines is 1. The van der Waals surface area contributed by atoms with Crippen molar-refractivity contribution in [2.75, 3.05) is 18.5 Å². The van der Waals surface area contributed by atoms with Gasteiger partial charge < -0.3 is 10.1 Å². The van der Waals surface area contributed by atoms with Crippen molar-refractivity contribution in [3.05, 3.63) is 5.82 Å². The van der Waals surface area contributed by atoms with Crippen molar-refractivity contribution in [3.63, 3.8) is 0 Å². The van der Waals surface area contributed by atoms with Gasteiger partial charge in [-0.1, -0.05) is 6.92 Å². The van der Waals surface area contributed by atoms with E-state index in [1.54, 1.807) is 0 Å². The minimum atomic E-state index is 0.302. The fourth-order valence-electron chi connectivity index (χ4n) is 1.34. The molecule has 9 heteroatoms. The first-order valence-corrected chi connectivity index (χ1v) is 7.22. The first-order valence-electron chi connectivity index (χ1n) is 6.40. The first-order chi connectivity index (χ1) is 9.71. The number of aryl methyl sites for hydroxylation is 1. The van der Waals surface area contributed by atoms with E-state index in [0.717, 1.165) is 18.8 Å². The van der Waals surface area contributed by atoms with Crippen LogP contribution >= 0.6 is 11.8 Å². The van der Waals surface area contributed by atoms with Gasteiger partial charge in [-0.2, -0.15) is 15.0 Å². The molecular weight excluding hydrogens is 278 g/mol. The van der Waals surface area contributed by atoms with Crippen molar-refractivity contribution < 1.29 is 4.74 Å². The summed E-state index contributed by atoms with van der Waals surface area (Å²) in [5, 5.41) is 11.0. The van der Waals surface area contributed by atoms with Gasteiger partial charge in [0.15, 0.2) is 0 Å². The Bertz CT molecular complexity index is 559. The molecule has 2 rings (SSSR count). The standard InChI is InChI=1S/C11H17N7OS/c1-4-6-12-8-14-9(19-5-2)16-10(15-8)20-11-13-7(3)17-18-11/h4-6H2,1-3H3,(H,13,17,18)(H,12,14,15,16). The third kappa shape index (κ3) is 4.05. The van der Waals surface area contributed by atoms with Crippen LogP contribution in [-0.4, -0.2) is 43.3 Å². The number of rotatable bonds is 7. The lowest BCUT2D eigenvalue weighted by Gasteiger charge is -2.07. The second-order valence-corrected chi connectivity index (χ2v) is 4.82. The van der Waals surface area contributed by atoms with Gasteiger partial charge in [-0.05, 0) is 32.0 Å². The van der Waals surface area contributed by atoms with Gasteiger partial charge in [-0.25, -0.2) is 4.98 Å². The Hall–Kier alpha value is -1.90. The lowest BCUT2D eigenvalue weighted by molar-refractivity contribution is 0.308. The predicted molar refractivity (Wildman–Crippen MR) is 75.0 cm³/mol. The zero-order valence-corrected chi connectivity index (χ0v) is 12.5. The van der Waals surface area contributed by atoms with E-state index in [1.807, 2.05) is 13.8 Å². The number of ether oxygens (including phenoxy) is 1. The summed E-state index contributed by atoms with van der Waals surface area (Å²) >= 11 is 1.26. The van der Waals surface area contributed by atoms with Gasteiger partial charge >= 0.3 is 6.01 Å². The highest BCUT2D eigenvalue weighted by atomic mass is 32.2. The number of aromatic amines is 1. The van der Waals surface area contributed by atoms with Crippen molar-refractivity contribution in [1.82, 2.24) is 30.1 Å². The van der Waals surface area contributed by atoms with Gasteiger partial charge in [-0.3, -0.25) is 5.10 Å². The fraction of sp³-hybridized carbons (Fsp3) is 0.545. The van der Waals surface area contributed by atoms with Crippen LogP contribution < -0.4 is 10.1 Å². The first kappa shape index (κ1) is 14.5. The second-order valence-electron chi connectivity index (χ2n) is 3.89. The van der Waals surface area contributed by atoms with Gasteiger partial charge in [0.1, 0.15) is 5.82 Å². The van der Waals surface area contributed by atoms with Crippen LogP contribution in [0.25, 0.3) is 0 Å². The molecule has 0 bridgehead atoms. The summed E-state index contributed by atoms with van der Waals surface area (Å²) in [5.41, 5.74) is 0. The van der Waals surface area contributed by atoms with Crippen molar-refractivity contribution >= 4 is 17.7 Å². The molecule has 0 saturated heterocycles. The van der Waals surface area contributed by atoms with Crippen molar-refractivity contribution in [2.45, 2.75) is 37.5 Å². The average molecular weight is 295 g/mol. The molecule has 108 valence electrons. The van der Waals surface area contributed by atoms with Gasteiger partial charge in [0.05, 0.1) is 6.61 Å². The summed E-state index contributed by atoms with van der Waals surface area (Å²) in [5.74, 6) is 1.25. The van der Waals surface area contributed by atoms with Gasteiger partial charge in [-0.15, -0.1) is 5.10 Å². The predicted octanol–water partition coefficient (Wildman–Crippen LogP) is 1.67. The van der Waals surface area contributed by atoms with Crippen molar-refractivity contribution in [3.8, 4) is 6.01 Å². The average Bonchev–Trinajstić information content (AvgIpc) is 2.82. The summed E-state index contributed by atoms with van der Waals surface area (Å²) in [7, 11) is 0. The highest BCUT2D eigenvalue weighted by Crippen LogP contribution is 2.23. The molecule has 0 fully saturated rings. The summed E-state index contributed by atoms with van der Waals surface area (Å²) in [4.78, 5) is 16.9. The zero-order chi connectivity index (χ0) is 14.4. The highest BCUT2D eigenvalue weighted by molar-refractivity contribution is 7.99. The van der Waals surface area contributed by atoms with Crippen LogP contribution in [0.15, 0.2) is 10.3 Å². The van der Waals surface area contributed by atoms with Gasteiger partial charge in [0.25, 0.3) is 0 Å². The maximum Gasteiger partial charge on any atom is 0.322 e. The molecule has 0 atom stereocenters. The van der Waals surface area contributed by atoms with Crippen LogP contribution in [0.2, 0.25) is 0 Å². The molecule has 2 aromatic heterocycles. The Morgan fingerprint density at radius 3 is 2.65 bits per heavy atom. The Morgan fingerprint density at radius 2 is 2.00 bits per heavy atom. The third-order valence-corrected chi connectivity index (χ3v) is 2.89. The Balaban J connectivity index is 2.18. The molecule has 20 heavy (non-hydrogen) atoms. The molecule has 0 aliphatic rings. The number of nitrogens with one attached hydrogen (secondary N) is 2. The minimum Gasteiger partial charge on any atom is -0.464 e. The lowest BCUT2D eigenvalue weighted by Crippen LogP contribution is -2.08. The van der Waals surface area contributed by atoms with E-state index >= 15 is 0 Å². The molecular formula is C11H17N7OS. The van der Waals surface area contributed by atoms with Crippen LogP contribution in [0.3, 0.4) is 0 Å². The molecule has 2 N–H and O–H groups in total. The van der Waals surface area contributed by atoms with Crippen LogP contribution in [0.5, 0.6) is 6.01 Å². The number of aromatic nitrogens is 6. The van der Waals surface area contributed by atoms with E-state index in [1.165, 1.54) is 11.8 Å². The number of hydrogen-bond acceptors (Lipinski definition) is 8. The van der Waals surface area contributed by atoms with Crippen molar-refractivity contribution in [2.24, 2.45) is 0 Å². The Morgan fingerprint density at radius 1 is 1.15 bits per heavy atom. The molecule has 0 aromatic carbocycles. The van der Waals surface area contributed by atoms with Crippen molar-refractivity contribution in [1.29, 1.82) is 0 Å². The molecule has 0 saturated carbocycles. The highest BCUT2D eigenvalue weighted by Gasteiger charge is 2.11. The molecule has 2 heterocycles. The molecule has 8 nitrogen and oxygen atoms in total. The Kier molecular flexibility index (Phi) is 5.10. The topological polar surface area (TPSA) is 102 Å². The van der Waals surface area contributed by atoms with Crippen LogP contribution in [0, 0.1) is 6.92 Å².